The molecule has 3 heteroatoms. The van der Waals surface area contributed by atoms with E-state index in [9.17, 15) is 4.79 Å². The average Bonchev–Trinajstić information content (AvgIpc) is 2.78. The van der Waals surface area contributed by atoms with Gasteiger partial charge in [0.1, 0.15) is 0 Å². The first kappa shape index (κ1) is 12.5. The quantitative estimate of drug-likeness (QED) is 0.721. The summed E-state index contributed by atoms with van der Waals surface area (Å²) in [7, 11) is 0. The van der Waals surface area contributed by atoms with E-state index in [0.717, 1.165) is 27.8 Å². The molecule has 0 radical (unpaired) electrons. The number of amides is 1. The molecule has 20 heavy (non-hydrogen) atoms. The van der Waals surface area contributed by atoms with E-state index < -0.39 is 0 Å². The van der Waals surface area contributed by atoms with Crippen molar-refractivity contribution in [1.82, 2.24) is 4.98 Å². The molecule has 0 atom stereocenters. The monoisotopic (exact) mass is 264 g/mol. The first-order valence-electron chi connectivity index (χ1n) is 6.59. The molecule has 0 saturated heterocycles. The van der Waals surface area contributed by atoms with Crippen LogP contribution in [0, 0.1) is 13.8 Å². The number of hydrogen-bond donors (Lipinski definition) is 2. The lowest BCUT2D eigenvalue weighted by atomic mass is 10.1. The maximum Gasteiger partial charge on any atom is 0.255 e. The molecule has 0 bridgehead atoms. The second-order valence-electron chi connectivity index (χ2n) is 5.07. The van der Waals surface area contributed by atoms with Gasteiger partial charge < -0.3 is 10.3 Å². The fraction of sp³-hybridized carbons (Fsp3) is 0.118. The van der Waals surface area contributed by atoms with Crippen molar-refractivity contribution in [3.05, 3.63) is 65.4 Å². The van der Waals surface area contributed by atoms with E-state index in [0.29, 0.717) is 5.56 Å². The van der Waals surface area contributed by atoms with Crippen molar-refractivity contribution >= 4 is 22.5 Å². The summed E-state index contributed by atoms with van der Waals surface area (Å²) in [5.74, 6) is -0.0865. The molecule has 0 saturated carbocycles. The molecular weight excluding hydrogens is 248 g/mol. The van der Waals surface area contributed by atoms with Crippen molar-refractivity contribution in [3.63, 3.8) is 0 Å². The van der Waals surface area contributed by atoms with E-state index in [2.05, 4.69) is 16.4 Å². The number of nitrogens with one attached hydrogen (secondary N) is 2. The molecule has 0 spiro atoms. The molecule has 3 nitrogen and oxygen atoms in total. The molecule has 2 aromatic carbocycles. The largest absolute Gasteiger partial charge is 0.359 e. The molecule has 1 aromatic heterocycles. The fourth-order valence-electron chi connectivity index (χ4n) is 2.26. The summed E-state index contributed by atoms with van der Waals surface area (Å²) in [4.78, 5) is 15.4. The third kappa shape index (κ3) is 2.43. The predicted octanol–water partition coefficient (Wildman–Crippen LogP) is 4.04. The van der Waals surface area contributed by atoms with Crippen LogP contribution in [0.4, 0.5) is 5.69 Å². The van der Waals surface area contributed by atoms with Crippen molar-refractivity contribution in [3.8, 4) is 0 Å². The number of anilines is 1. The van der Waals surface area contributed by atoms with Gasteiger partial charge in [0, 0.05) is 27.8 Å². The highest BCUT2D eigenvalue weighted by Gasteiger charge is 2.06. The van der Waals surface area contributed by atoms with Crippen LogP contribution in [0.25, 0.3) is 10.9 Å². The Kier molecular flexibility index (Phi) is 3.03. The zero-order chi connectivity index (χ0) is 14.1. The van der Waals surface area contributed by atoms with E-state index in [1.807, 2.05) is 56.3 Å². The van der Waals surface area contributed by atoms with Crippen molar-refractivity contribution in [2.45, 2.75) is 13.8 Å². The Bertz CT molecular complexity index is 769. The van der Waals surface area contributed by atoms with E-state index in [1.165, 1.54) is 0 Å². The molecule has 0 fully saturated rings. The lowest BCUT2D eigenvalue weighted by Gasteiger charge is -2.05. The first-order valence-corrected chi connectivity index (χ1v) is 6.59. The molecule has 0 aliphatic carbocycles. The molecule has 2 N–H and O–H groups in total. The summed E-state index contributed by atoms with van der Waals surface area (Å²) in [6, 6.07) is 15.5. The van der Waals surface area contributed by atoms with Gasteiger partial charge in [-0.25, -0.2) is 0 Å². The number of hydrogen-bond acceptors (Lipinski definition) is 1. The summed E-state index contributed by atoms with van der Waals surface area (Å²) in [5.41, 5.74) is 4.81. The smallest absolute Gasteiger partial charge is 0.255 e. The fourth-order valence-corrected chi connectivity index (χ4v) is 2.26. The minimum atomic E-state index is -0.0865. The normalized spacial score (nSPS) is 10.7. The highest BCUT2D eigenvalue weighted by atomic mass is 16.1. The number of aromatic nitrogens is 1. The number of fused-ring (bicyclic) bond motifs is 1. The van der Waals surface area contributed by atoms with Gasteiger partial charge in [-0.3, -0.25) is 4.79 Å². The summed E-state index contributed by atoms with van der Waals surface area (Å²) >= 11 is 0. The van der Waals surface area contributed by atoms with Crippen molar-refractivity contribution < 1.29 is 4.79 Å². The number of carbonyl (C=O) groups is 1. The van der Waals surface area contributed by atoms with Crippen LogP contribution in [0.2, 0.25) is 0 Å². The van der Waals surface area contributed by atoms with Gasteiger partial charge in [-0.2, -0.15) is 0 Å². The Balaban J connectivity index is 1.84. The van der Waals surface area contributed by atoms with E-state index in [-0.39, 0.29) is 5.91 Å². The topological polar surface area (TPSA) is 44.9 Å². The van der Waals surface area contributed by atoms with E-state index in [1.54, 1.807) is 0 Å². The van der Waals surface area contributed by atoms with Gasteiger partial charge in [-0.1, -0.05) is 17.7 Å². The van der Waals surface area contributed by atoms with Crippen LogP contribution in [0.3, 0.4) is 0 Å². The Hall–Kier alpha value is -2.55. The highest BCUT2D eigenvalue weighted by molar-refractivity contribution is 6.05. The Morgan fingerprint density at radius 3 is 2.50 bits per heavy atom. The second kappa shape index (κ2) is 4.85. The minimum absolute atomic E-state index is 0.0865. The molecule has 3 rings (SSSR count). The number of H-pyrrole nitrogens is 1. The lowest BCUT2D eigenvalue weighted by Crippen LogP contribution is -2.11. The number of aromatic amines is 1. The molecular formula is C17H16N2O. The van der Waals surface area contributed by atoms with Crippen LogP contribution in [-0.2, 0) is 0 Å². The average molecular weight is 264 g/mol. The Morgan fingerprint density at radius 2 is 1.75 bits per heavy atom. The van der Waals surface area contributed by atoms with Crippen LogP contribution in [0.15, 0.2) is 48.5 Å². The third-order valence-electron chi connectivity index (χ3n) is 3.33. The number of carbonyl (C=O) groups excluding carboxylic acids is 1. The molecule has 0 aliphatic rings. The number of rotatable bonds is 2. The Morgan fingerprint density at radius 1 is 1.00 bits per heavy atom. The number of aryl methyl sites for hydroxylation is 2. The van der Waals surface area contributed by atoms with E-state index in [4.69, 9.17) is 0 Å². The number of benzene rings is 2. The summed E-state index contributed by atoms with van der Waals surface area (Å²) in [5, 5.41) is 4.03. The minimum Gasteiger partial charge on any atom is -0.359 e. The lowest BCUT2D eigenvalue weighted by molar-refractivity contribution is 0.102. The molecule has 0 unspecified atom stereocenters. The molecule has 1 heterocycles. The summed E-state index contributed by atoms with van der Waals surface area (Å²) < 4.78 is 0. The molecule has 100 valence electrons. The standard InChI is InChI=1S/C17H16N2O/c1-11-3-5-13(6-4-11)17(20)19-15-7-8-16-14(10-15)9-12(2)18-16/h3-10,18H,1-2H3,(H,19,20). The van der Waals surface area contributed by atoms with Crippen molar-refractivity contribution in [2.24, 2.45) is 0 Å². The van der Waals surface area contributed by atoms with Gasteiger partial charge in [0.15, 0.2) is 0 Å². The molecule has 0 aliphatic heterocycles. The van der Waals surface area contributed by atoms with E-state index >= 15 is 0 Å². The van der Waals surface area contributed by atoms with Crippen LogP contribution in [-0.4, -0.2) is 10.9 Å². The van der Waals surface area contributed by atoms with Gasteiger partial charge in [0.2, 0.25) is 0 Å². The van der Waals surface area contributed by atoms with Gasteiger partial charge >= 0.3 is 0 Å². The molecule has 1 amide bonds. The SMILES string of the molecule is Cc1ccc(C(=O)Nc2ccc3[nH]c(C)cc3c2)cc1. The van der Waals surface area contributed by atoms with Crippen molar-refractivity contribution in [2.75, 3.05) is 5.32 Å². The summed E-state index contributed by atoms with van der Waals surface area (Å²) in [6.07, 6.45) is 0. The third-order valence-corrected chi connectivity index (χ3v) is 3.33. The molecule has 3 aromatic rings. The zero-order valence-corrected chi connectivity index (χ0v) is 11.5. The van der Waals surface area contributed by atoms with Gasteiger partial charge in [0.05, 0.1) is 0 Å². The summed E-state index contributed by atoms with van der Waals surface area (Å²) in [6.45, 7) is 4.02. The predicted molar refractivity (Wildman–Crippen MR) is 82.2 cm³/mol. The highest BCUT2D eigenvalue weighted by Crippen LogP contribution is 2.20. The maximum absolute atomic E-state index is 12.1. The Labute approximate surface area is 117 Å². The van der Waals surface area contributed by atoms with Crippen LogP contribution in [0.1, 0.15) is 21.6 Å². The van der Waals surface area contributed by atoms with Gasteiger partial charge in [-0.15, -0.1) is 0 Å². The van der Waals surface area contributed by atoms with Gasteiger partial charge in [0.25, 0.3) is 5.91 Å². The first-order chi connectivity index (χ1) is 9.61. The second-order valence-corrected chi connectivity index (χ2v) is 5.07. The maximum atomic E-state index is 12.1. The van der Waals surface area contributed by atoms with Crippen LogP contribution in [0.5, 0.6) is 0 Å². The van der Waals surface area contributed by atoms with Crippen LogP contribution < -0.4 is 5.32 Å². The zero-order valence-electron chi connectivity index (χ0n) is 11.5. The van der Waals surface area contributed by atoms with Crippen molar-refractivity contribution in [1.29, 1.82) is 0 Å². The van der Waals surface area contributed by atoms with Crippen LogP contribution >= 0.6 is 0 Å². The van der Waals surface area contributed by atoms with Gasteiger partial charge in [-0.05, 0) is 50.2 Å².